The number of nitrogens with zero attached hydrogens (tertiary/aromatic N) is 4. The van der Waals surface area contributed by atoms with Crippen molar-refractivity contribution in [3.63, 3.8) is 0 Å². The molecule has 5 aromatic heterocycles. The molecular weight excluding hydrogens is 430 g/mol. The minimum Gasteiger partial charge on any atom is -0.345 e. The number of aryl methyl sites for hydroxylation is 1. The molecule has 0 fully saturated rings. The van der Waals surface area contributed by atoms with Gasteiger partial charge in [0.1, 0.15) is 5.65 Å². The van der Waals surface area contributed by atoms with Crippen LogP contribution < -0.4 is 5.43 Å². The number of rotatable bonds is 3. The molecule has 1 N–H and O–H groups in total. The molecule has 0 spiro atoms. The fourth-order valence-electron chi connectivity index (χ4n) is 4.01. The lowest BCUT2D eigenvalue weighted by Gasteiger charge is -2.11. The summed E-state index contributed by atoms with van der Waals surface area (Å²) in [6.45, 7) is 1.97. The lowest BCUT2D eigenvalue weighted by Crippen LogP contribution is -2.08. The molecule has 0 saturated carbocycles. The molecule has 6 aromatic rings. The van der Waals surface area contributed by atoms with E-state index in [-0.39, 0.29) is 5.43 Å². The zero-order valence-electron chi connectivity index (χ0n) is 17.6. The van der Waals surface area contributed by atoms with E-state index < -0.39 is 0 Å². The van der Waals surface area contributed by atoms with Gasteiger partial charge in [-0.15, -0.1) is 11.3 Å². The second-order valence-electron chi connectivity index (χ2n) is 7.71. The average Bonchev–Trinajstić information content (AvgIpc) is 3.30. The molecule has 0 saturated heterocycles. The largest absolute Gasteiger partial charge is 0.345 e. The highest BCUT2D eigenvalue weighted by Gasteiger charge is 2.17. The van der Waals surface area contributed by atoms with Gasteiger partial charge in [0.2, 0.25) is 0 Å². The van der Waals surface area contributed by atoms with Gasteiger partial charge >= 0.3 is 0 Å². The summed E-state index contributed by atoms with van der Waals surface area (Å²) in [6, 6.07) is 15.7. The van der Waals surface area contributed by atoms with E-state index in [1.165, 1.54) is 0 Å². The molecule has 158 valence electrons. The Hall–Kier alpha value is -4.23. The molecule has 0 aliphatic rings. The van der Waals surface area contributed by atoms with Crippen LogP contribution in [0.3, 0.4) is 0 Å². The number of nitrogens with one attached hydrogen (secondary N) is 1. The molecule has 0 amide bonds. The average molecular weight is 448 g/mol. The van der Waals surface area contributed by atoms with Crippen molar-refractivity contribution in [1.29, 1.82) is 0 Å². The van der Waals surface area contributed by atoms with E-state index in [1.807, 2.05) is 55.6 Å². The number of aromatic nitrogens is 5. The maximum Gasteiger partial charge on any atom is 0.198 e. The van der Waals surface area contributed by atoms with Gasteiger partial charge in [-0.25, -0.2) is 9.97 Å². The van der Waals surface area contributed by atoms with Gasteiger partial charge in [-0.05, 0) is 42.8 Å². The Morgan fingerprint density at radius 1 is 0.909 bits per heavy atom. The van der Waals surface area contributed by atoms with Crippen LogP contribution in [0, 0.1) is 6.92 Å². The van der Waals surface area contributed by atoms with Crippen LogP contribution in [0.1, 0.15) is 5.01 Å². The highest BCUT2D eigenvalue weighted by atomic mass is 32.1. The third-order valence-electron chi connectivity index (χ3n) is 5.61. The fourth-order valence-corrected chi connectivity index (χ4v) is 4.79. The van der Waals surface area contributed by atoms with Gasteiger partial charge in [0, 0.05) is 53.1 Å². The minimum absolute atomic E-state index is 0.0833. The van der Waals surface area contributed by atoms with Gasteiger partial charge in [0.05, 0.1) is 26.5 Å². The van der Waals surface area contributed by atoms with E-state index >= 15 is 0 Å². The van der Waals surface area contributed by atoms with Crippen molar-refractivity contribution in [3.8, 4) is 32.8 Å². The van der Waals surface area contributed by atoms with Gasteiger partial charge in [-0.1, -0.05) is 18.2 Å². The zero-order valence-corrected chi connectivity index (χ0v) is 18.4. The molecule has 33 heavy (non-hydrogen) atoms. The first-order valence-electron chi connectivity index (χ1n) is 10.4. The van der Waals surface area contributed by atoms with Crippen LogP contribution in [0.2, 0.25) is 0 Å². The van der Waals surface area contributed by atoms with E-state index in [2.05, 4.69) is 26.0 Å². The highest BCUT2D eigenvalue weighted by molar-refractivity contribution is 7.15. The van der Waals surface area contributed by atoms with Crippen molar-refractivity contribution in [2.45, 2.75) is 6.92 Å². The second kappa shape index (κ2) is 7.72. The van der Waals surface area contributed by atoms with E-state index in [0.717, 1.165) is 43.2 Å². The molecule has 6 rings (SSSR count). The number of H-pyrrole nitrogens is 1. The number of aromatic amines is 1. The van der Waals surface area contributed by atoms with Crippen LogP contribution >= 0.6 is 11.3 Å². The molecule has 0 atom stereocenters. The van der Waals surface area contributed by atoms with E-state index in [1.54, 1.807) is 36.1 Å². The molecule has 1 aromatic carbocycles. The van der Waals surface area contributed by atoms with Crippen molar-refractivity contribution < 1.29 is 0 Å². The molecule has 0 unspecified atom stereocenters. The maximum atomic E-state index is 13.5. The summed E-state index contributed by atoms with van der Waals surface area (Å²) >= 11 is 1.58. The Labute approximate surface area is 192 Å². The lowest BCUT2D eigenvalue weighted by molar-refractivity contribution is 1.26. The highest BCUT2D eigenvalue weighted by Crippen LogP contribution is 2.36. The van der Waals surface area contributed by atoms with Crippen LogP contribution in [-0.2, 0) is 0 Å². The van der Waals surface area contributed by atoms with Gasteiger partial charge in [0.15, 0.2) is 5.43 Å². The Bertz CT molecular complexity index is 1710. The molecule has 0 aliphatic heterocycles. The number of pyridine rings is 4. The number of hydrogen-bond acceptors (Lipinski definition) is 6. The van der Waals surface area contributed by atoms with Crippen LogP contribution in [0.4, 0.5) is 0 Å². The van der Waals surface area contributed by atoms with Gasteiger partial charge in [-0.3, -0.25) is 14.8 Å². The summed E-state index contributed by atoms with van der Waals surface area (Å²) in [7, 11) is 0. The van der Waals surface area contributed by atoms with E-state index in [0.29, 0.717) is 16.6 Å². The van der Waals surface area contributed by atoms with Gasteiger partial charge in [-0.2, -0.15) is 0 Å². The SMILES string of the molecule is Cc1ncc(-c2nc3[nH]cc(-c4cccnc4)c(=O)c3cc2-c2ccc3ncccc3c2)s1. The third-order valence-corrected chi connectivity index (χ3v) is 6.53. The van der Waals surface area contributed by atoms with Crippen molar-refractivity contribution in [2.24, 2.45) is 0 Å². The maximum absolute atomic E-state index is 13.5. The quantitative estimate of drug-likeness (QED) is 0.380. The molecular formula is C26H17N5OS. The van der Waals surface area contributed by atoms with Crippen LogP contribution in [0.15, 0.2) is 84.3 Å². The lowest BCUT2D eigenvalue weighted by atomic mass is 9.99. The van der Waals surface area contributed by atoms with E-state index in [4.69, 9.17) is 4.98 Å². The predicted octanol–water partition coefficient (Wildman–Crippen LogP) is 5.63. The standard InChI is InChI=1S/C26H17N5OS/c1-15-29-14-23(33-15)24-19(16-6-7-22-17(10-16)4-3-9-28-22)11-20-25(32)21(13-30-26(20)31-24)18-5-2-8-27-12-18/h2-14H,1H3,(H,30,31,32). The normalized spacial score (nSPS) is 11.3. The zero-order chi connectivity index (χ0) is 22.4. The monoisotopic (exact) mass is 447 g/mol. The minimum atomic E-state index is -0.0833. The molecule has 7 heteroatoms. The van der Waals surface area contributed by atoms with Gasteiger partial charge in [0.25, 0.3) is 0 Å². The number of thiazole rings is 1. The van der Waals surface area contributed by atoms with Crippen LogP contribution in [-0.4, -0.2) is 24.9 Å². The van der Waals surface area contributed by atoms with E-state index in [9.17, 15) is 4.79 Å². The van der Waals surface area contributed by atoms with Crippen LogP contribution in [0.25, 0.3) is 54.8 Å². The molecule has 0 radical (unpaired) electrons. The molecule has 0 aliphatic carbocycles. The van der Waals surface area contributed by atoms with Crippen molar-refractivity contribution in [3.05, 3.63) is 94.7 Å². The number of fused-ring (bicyclic) bond motifs is 2. The number of hydrogen-bond donors (Lipinski definition) is 1. The van der Waals surface area contributed by atoms with Crippen molar-refractivity contribution in [2.75, 3.05) is 0 Å². The summed E-state index contributed by atoms with van der Waals surface area (Å²) in [5.41, 5.74) is 5.35. The third kappa shape index (κ3) is 3.39. The summed E-state index contributed by atoms with van der Waals surface area (Å²) in [4.78, 5) is 35.5. The Balaban J connectivity index is 1.65. The Morgan fingerprint density at radius 2 is 1.82 bits per heavy atom. The first kappa shape index (κ1) is 19.5. The summed E-state index contributed by atoms with van der Waals surface area (Å²) < 4.78 is 0. The molecule has 6 nitrogen and oxygen atoms in total. The Morgan fingerprint density at radius 3 is 2.64 bits per heavy atom. The van der Waals surface area contributed by atoms with Crippen LogP contribution in [0.5, 0.6) is 0 Å². The van der Waals surface area contributed by atoms with Crippen molar-refractivity contribution in [1.82, 2.24) is 24.9 Å². The number of benzene rings is 1. The Kier molecular flexibility index (Phi) is 4.55. The van der Waals surface area contributed by atoms with Crippen molar-refractivity contribution >= 4 is 33.3 Å². The topological polar surface area (TPSA) is 84.4 Å². The smallest absolute Gasteiger partial charge is 0.198 e. The molecule has 0 bridgehead atoms. The first-order chi connectivity index (χ1) is 16.2. The fraction of sp³-hybridized carbons (Fsp3) is 0.0385. The summed E-state index contributed by atoms with van der Waals surface area (Å²) in [5.74, 6) is 0. The summed E-state index contributed by atoms with van der Waals surface area (Å²) in [6.07, 6.45) is 8.70. The first-order valence-corrected chi connectivity index (χ1v) is 11.2. The molecule has 5 heterocycles. The predicted molar refractivity (Wildman–Crippen MR) is 132 cm³/mol. The summed E-state index contributed by atoms with van der Waals surface area (Å²) in [5, 5.41) is 2.52. The second-order valence-corrected chi connectivity index (χ2v) is 8.94. The van der Waals surface area contributed by atoms with Gasteiger partial charge < -0.3 is 4.98 Å².